The minimum absolute atomic E-state index is 0.236. The Hall–Kier alpha value is -0.440. The number of rotatable bonds is 2. The van der Waals surface area contributed by atoms with Crippen molar-refractivity contribution < 1.29 is 4.74 Å². The van der Waals surface area contributed by atoms with E-state index < -0.39 is 0 Å². The molecule has 20 heavy (non-hydrogen) atoms. The molecular weight excluding hydrogens is 408 g/mol. The van der Waals surface area contributed by atoms with E-state index in [4.69, 9.17) is 9.72 Å². The fraction of sp³-hybridized carbons (Fsp3) is 0.500. The van der Waals surface area contributed by atoms with Gasteiger partial charge in [-0.1, -0.05) is 0 Å². The van der Waals surface area contributed by atoms with Crippen LogP contribution in [0.1, 0.15) is 13.8 Å². The third-order valence-corrected chi connectivity index (χ3v) is 5.84. The molecule has 2 atom stereocenters. The van der Waals surface area contributed by atoms with Crippen LogP contribution < -0.4 is 4.90 Å². The lowest BCUT2D eigenvalue weighted by Gasteiger charge is -2.35. The van der Waals surface area contributed by atoms with Crippen LogP contribution in [0.3, 0.4) is 0 Å². The molecule has 1 aliphatic heterocycles. The normalized spacial score (nSPS) is 23.3. The maximum absolute atomic E-state index is 5.76. The highest BCUT2D eigenvalue weighted by Crippen LogP contribution is 2.29. The van der Waals surface area contributed by atoms with Gasteiger partial charge in [-0.25, -0.2) is 9.97 Å². The number of hydrogen-bond donors (Lipinski definition) is 0. The largest absolute Gasteiger partial charge is 0.372 e. The van der Waals surface area contributed by atoms with Gasteiger partial charge in [-0.15, -0.1) is 11.3 Å². The average Bonchev–Trinajstić information content (AvgIpc) is 2.97. The number of hydrogen-bond acceptors (Lipinski definition) is 5. The summed E-state index contributed by atoms with van der Waals surface area (Å²) in [7, 11) is 0. The molecule has 0 N–H and O–H groups in total. The first-order valence-corrected chi connectivity index (χ1v) is 8.76. The topological polar surface area (TPSA) is 43.2 Å². The first-order valence-electron chi connectivity index (χ1n) is 6.29. The number of anilines is 1. The van der Waals surface area contributed by atoms with Gasteiger partial charge >= 0.3 is 0 Å². The van der Waals surface area contributed by atoms with Crippen molar-refractivity contribution in [3.05, 3.63) is 20.9 Å². The molecule has 0 spiro atoms. The molecule has 0 aliphatic carbocycles. The second kappa shape index (κ2) is 5.75. The molecule has 8 heteroatoms. The van der Waals surface area contributed by atoms with Crippen LogP contribution in [-0.2, 0) is 4.74 Å². The Morgan fingerprint density at radius 2 is 2.00 bits per heavy atom. The highest BCUT2D eigenvalue weighted by atomic mass is 79.9. The number of imidazole rings is 1. The first kappa shape index (κ1) is 14.5. The Morgan fingerprint density at radius 1 is 1.30 bits per heavy atom. The zero-order chi connectivity index (χ0) is 14.3. The predicted octanol–water partition coefficient (Wildman–Crippen LogP) is 3.47. The van der Waals surface area contributed by atoms with Gasteiger partial charge in [0.15, 0.2) is 10.9 Å². The van der Waals surface area contributed by atoms with Crippen LogP contribution in [0.4, 0.5) is 5.13 Å². The van der Waals surface area contributed by atoms with Gasteiger partial charge in [-0.2, -0.15) is 0 Å². The number of nitrogens with zero attached hydrogens (tertiary/aromatic N) is 4. The van der Waals surface area contributed by atoms with E-state index in [2.05, 4.69) is 55.6 Å². The van der Waals surface area contributed by atoms with E-state index >= 15 is 0 Å². The molecule has 0 saturated carbocycles. The van der Waals surface area contributed by atoms with Crippen molar-refractivity contribution in [3.8, 4) is 5.82 Å². The molecule has 3 heterocycles. The molecule has 1 saturated heterocycles. The van der Waals surface area contributed by atoms with Crippen molar-refractivity contribution in [3.63, 3.8) is 0 Å². The molecule has 1 aliphatic rings. The summed E-state index contributed by atoms with van der Waals surface area (Å²) in [5.74, 6) is 0.877. The summed E-state index contributed by atoms with van der Waals surface area (Å²) in [6.07, 6.45) is 2.22. The fourth-order valence-corrected chi connectivity index (χ4v) is 3.80. The predicted molar refractivity (Wildman–Crippen MR) is 86.9 cm³/mol. The lowest BCUT2D eigenvalue weighted by atomic mass is 10.2. The summed E-state index contributed by atoms with van der Waals surface area (Å²) < 4.78 is 9.32. The van der Waals surface area contributed by atoms with Gasteiger partial charge < -0.3 is 9.64 Å². The standard InChI is InChI=1S/C12H14Br2N4OS/c1-7-3-17(4-8(2)19-7)12-16-9(5-20-12)18-6-15-10(13)11(18)14/h5-8H,3-4H2,1-2H3. The molecule has 1 fully saturated rings. The third-order valence-electron chi connectivity index (χ3n) is 3.09. The summed E-state index contributed by atoms with van der Waals surface area (Å²) in [5, 5.41) is 3.07. The summed E-state index contributed by atoms with van der Waals surface area (Å²) in [5.41, 5.74) is 0. The van der Waals surface area contributed by atoms with E-state index in [0.29, 0.717) is 0 Å². The van der Waals surface area contributed by atoms with Crippen LogP contribution in [0, 0.1) is 0 Å². The third kappa shape index (κ3) is 2.79. The zero-order valence-electron chi connectivity index (χ0n) is 11.1. The highest BCUT2D eigenvalue weighted by Gasteiger charge is 2.24. The van der Waals surface area contributed by atoms with Crippen LogP contribution in [0.2, 0.25) is 0 Å². The van der Waals surface area contributed by atoms with Gasteiger partial charge in [0, 0.05) is 18.5 Å². The quantitative estimate of drug-likeness (QED) is 0.744. The smallest absolute Gasteiger partial charge is 0.187 e. The number of aromatic nitrogens is 3. The monoisotopic (exact) mass is 420 g/mol. The van der Waals surface area contributed by atoms with Gasteiger partial charge in [0.2, 0.25) is 0 Å². The lowest BCUT2D eigenvalue weighted by Crippen LogP contribution is -2.45. The minimum Gasteiger partial charge on any atom is -0.372 e. The summed E-state index contributed by atoms with van der Waals surface area (Å²) in [6.45, 7) is 5.96. The van der Waals surface area contributed by atoms with E-state index in [9.17, 15) is 0 Å². The average molecular weight is 422 g/mol. The van der Waals surface area contributed by atoms with Crippen molar-refractivity contribution in [2.75, 3.05) is 18.0 Å². The second-order valence-electron chi connectivity index (χ2n) is 4.85. The Bertz CT molecular complexity index is 604. The number of halogens is 2. The van der Waals surface area contributed by atoms with E-state index in [-0.39, 0.29) is 12.2 Å². The van der Waals surface area contributed by atoms with Crippen molar-refractivity contribution in [1.82, 2.24) is 14.5 Å². The van der Waals surface area contributed by atoms with Gasteiger partial charge in [0.25, 0.3) is 0 Å². The molecule has 2 aromatic heterocycles. The molecule has 2 aromatic rings. The van der Waals surface area contributed by atoms with Crippen molar-refractivity contribution in [1.29, 1.82) is 0 Å². The summed E-state index contributed by atoms with van der Waals surface area (Å²) in [4.78, 5) is 11.2. The van der Waals surface area contributed by atoms with Crippen molar-refractivity contribution in [2.24, 2.45) is 0 Å². The molecule has 108 valence electrons. The van der Waals surface area contributed by atoms with Gasteiger partial charge in [-0.3, -0.25) is 4.57 Å². The number of thiazole rings is 1. The molecule has 2 unspecified atom stereocenters. The van der Waals surface area contributed by atoms with Crippen LogP contribution in [0.25, 0.3) is 5.82 Å². The van der Waals surface area contributed by atoms with Crippen LogP contribution in [-0.4, -0.2) is 39.8 Å². The van der Waals surface area contributed by atoms with Crippen molar-refractivity contribution in [2.45, 2.75) is 26.1 Å². The first-order chi connectivity index (χ1) is 9.54. The summed E-state index contributed by atoms with van der Waals surface area (Å²) >= 11 is 8.53. The Balaban J connectivity index is 1.85. The Morgan fingerprint density at radius 3 is 2.60 bits per heavy atom. The minimum atomic E-state index is 0.236. The zero-order valence-corrected chi connectivity index (χ0v) is 15.1. The molecule has 3 rings (SSSR count). The molecule has 0 bridgehead atoms. The van der Waals surface area contributed by atoms with Crippen molar-refractivity contribution >= 4 is 48.3 Å². The molecule has 0 aromatic carbocycles. The number of ether oxygens (including phenoxy) is 1. The highest BCUT2D eigenvalue weighted by molar-refractivity contribution is 9.13. The second-order valence-corrected chi connectivity index (χ2v) is 7.19. The van der Waals surface area contributed by atoms with Crippen LogP contribution in [0.15, 0.2) is 20.9 Å². The molecule has 5 nitrogen and oxygen atoms in total. The van der Waals surface area contributed by atoms with E-state index in [1.54, 1.807) is 17.7 Å². The fourth-order valence-electron chi connectivity index (χ4n) is 2.32. The van der Waals surface area contributed by atoms with Crippen LogP contribution >= 0.6 is 43.2 Å². The maximum Gasteiger partial charge on any atom is 0.187 e. The molecule has 0 amide bonds. The maximum atomic E-state index is 5.76. The molecular formula is C12H14Br2N4OS. The van der Waals surface area contributed by atoms with Crippen LogP contribution in [0.5, 0.6) is 0 Å². The SMILES string of the molecule is CC1CN(c2nc(-n3cnc(Br)c3Br)cs2)CC(C)O1. The van der Waals surface area contributed by atoms with Gasteiger partial charge in [0.1, 0.15) is 15.5 Å². The van der Waals surface area contributed by atoms with E-state index in [1.165, 1.54) is 0 Å². The Labute approximate surface area is 138 Å². The summed E-state index contributed by atoms with van der Waals surface area (Å²) in [6, 6.07) is 0. The number of morpholine rings is 1. The molecule has 0 radical (unpaired) electrons. The van der Waals surface area contributed by atoms with E-state index in [0.717, 1.165) is 33.2 Å². The van der Waals surface area contributed by atoms with Gasteiger partial charge in [-0.05, 0) is 45.7 Å². The van der Waals surface area contributed by atoms with Gasteiger partial charge in [0.05, 0.1) is 12.2 Å². The Kier molecular flexibility index (Phi) is 4.16. The lowest BCUT2D eigenvalue weighted by molar-refractivity contribution is -0.00522. The van der Waals surface area contributed by atoms with E-state index in [1.807, 2.05) is 9.95 Å².